The van der Waals surface area contributed by atoms with E-state index in [4.69, 9.17) is 5.73 Å². The highest BCUT2D eigenvalue weighted by atomic mass is 19.2. The molecule has 1 aliphatic heterocycles. The first-order valence-corrected chi connectivity index (χ1v) is 14.5. The lowest BCUT2D eigenvalue weighted by molar-refractivity contribution is -0.391. The van der Waals surface area contributed by atoms with Gasteiger partial charge in [0.05, 0.1) is 31.2 Å². The number of nitro groups is 2. The molecule has 0 saturated heterocycles. The van der Waals surface area contributed by atoms with Gasteiger partial charge >= 0.3 is 11.4 Å². The van der Waals surface area contributed by atoms with Gasteiger partial charge < -0.3 is 19.9 Å². The van der Waals surface area contributed by atoms with Crippen LogP contribution in [-0.2, 0) is 9.59 Å². The Morgan fingerprint density at radius 2 is 0.656 bits per heavy atom. The minimum absolute atomic E-state index is 0.00370. The molecule has 5 rings (SSSR count). The second-order valence-corrected chi connectivity index (χ2v) is 10.3. The van der Waals surface area contributed by atoms with Crippen LogP contribution < -0.4 is 24.8 Å². The number of nitrogens with zero attached hydrogens (tertiary/aromatic N) is 3. The number of nitrogen functional groups attached to an aromatic ring is 1. The monoisotopic (exact) mass is 908 g/mol. The van der Waals surface area contributed by atoms with Crippen molar-refractivity contribution < 1.29 is 108 Å². The molecule has 2 N–H and O–H groups in total. The fraction of sp³-hybridized carbons (Fsp3) is 0.0968. The number of nitro benzene ring substituents is 2. The SMILES string of the molecule is COc1c(F)c(F)c(N)c(F)c1F.COc1c(F)c(F)c(N2C(=O)C=CC2=O)c(F)c1F.COc1c(F)c(F)c([N+](=O)[O-])c(F)c1F.O=[N+]([O-])c1c(F)c(F)c(F)c(F)c1F. The van der Waals surface area contributed by atoms with Gasteiger partial charge in [-0.25, -0.2) is 35.6 Å². The Kier molecular flexibility index (Phi) is 15.9. The second kappa shape index (κ2) is 19.5. The Hall–Kier alpha value is -7.43. The number of nitrogens with two attached hydrogens (primary N) is 1. The van der Waals surface area contributed by atoms with E-state index in [-0.39, 0.29) is 4.90 Å². The Balaban J connectivity index is 0.000000283. The van der Waals surface area contributed by atoms with Gasteiger partial charge in [0, 0.05) is 12.2 Å². The van der Waals surface area contributed by atoms with Crippen LogP contribution in [0.15, 0.2) is 12.2 Å². The summed E-state index contributed by atoms with van der Waals surface area (Å²) >= 11 is 0. The highest BCUT2D eigenvalue weighted by Crippen LogP contribution is 2.37. The summed E-state index contributed by atoms with van der Waals surface area (Å²) in [5.41, 5.74) is -1.82. The molecular formula is C31H13F17N4O9. The Morgan fingerprint density at radius 1 is 0.426 bits per heavy atom. The summed E-state index contributed by atoms with van der Waals surface area (Å²) in [6.45, 7) is 0. The Morgan fingerprint density at radius 3 is 0.918 bits per heavy atom. The lowest BCUT2D eigenvalue weighted by Gasteiger charge is -2.17. The van der Waals surface area contributed by atoms with E-state index >= 15 is 0 Å². The first kappa shape index (κ1) is 49.7. The van der Waals surface area contributed by atoms with E-state index < -0.39 is 161 Å². The van der Waals surface area contributed by atoms with Crippen molar-refractivity contribution in [1.29, 1.82) is 0 Å². The number of carbonyl (C=O) groups is 2. The van der Waals surface area contributed by atoms with Crippen molar-refractivity contribution in [2.45, 2.75) is 0 Å². The van der Waals surface area contributed by atoms with Gasteiger partial charge in [-0.1, -0.05) is 0 Å². The molecule has 30 heteroatoms. The zero-order valence-electron chi connectivity index (χ0n) is 29.2. The van der Waals surface area contributed by atoms with E-state index in [9.17, 15) is 104 Å². The molecule has 2 amide bonds. The van der Waals surface area contributed by atoms with Crippen LogP contribution in [0, 0.1) is 119 Å². The topological polar surface area (TPSA) is 177 Å². The molecule has 1 heterocycles. The quantitative estimate of drug-likeness (QED) is 0.0380. The molecule has 0 saturated carbocycles. The smallest absolute Gasteiger partial charge is 0.346 e. The number of benzene rings is 4. The van der Waals surface area contributed by atoms with E-state index in [1.165, 1.54) is 0 Å². The van der Waals surface area contributed by atoms with E-state index in [2.05, 4.69) is 14.2 Å². The lowest BCUT2D eigenvalue weighted by Crippen LogP contribution is -2.32. The van der Waals surface area contributed by atoms with Gasteiger partial charge in [-0.15, -0.1) is 0 Å². The summed E-state index contributed by atoms with van der Waals surface area (Å²) in [5.74, 6) is -40.1. The summed E-state index contributed by atoms with van der Waals surface area (Å²) in [7, 11) is 2.47. The number of halogens is 17. The number of ether oxygens (including phenoxy) is 3. The van der Waals surface area contributed by atoms with Crippen molar-refractivity contribution in [3.8, 4) is 17.2 Å². The third-order valence-electron chi connectivity index (χ3n) is 6.85. The van der Waals surface area contributed by atoms with Crippen LogP contribution in [0.1, 0.15) is 0 Å². The van der Waals surface area contributed by atoms with Gasteiger partial charge in [0.25, 0.3) is 11.8 Å². The maximum atomic E-state index is 13.7. The van der Waals surface area contributed by atoms with Crippen molar-refractivity contribution in [3.63, 3.8) is 0 Å². The average molecular weight is 908 g/mol. The molecule has 0 aromatic heterocycles. The molecule has 4 aromatic rings. The number of carbonyl (C=O) groups excluding carboxylic acids is 2. The Bertz CT molecular complexity index is 2370. The van der Waals surface area contributed by atoms with Gasteiger partial charge in [-0.05, 0) is 0 Å². The number of imide groups is 1. The minimum Gasteiger partial charge on any atom is -0.491 e. The summed E-state index contributed by atoms with van der Waals surface area (Å²) in [6, 6.07) is 0. The van der Waals surface area contributed by atoms with E-state index in [1.54, 1.807) is 0 Å². The summed E-state index contributed by atoms with van der Waals surface area (Å²) < 4.78 is 230. The van der Waals surface area contributed by atoms with Crippen LogP contribution >= 0.6 is 0 Å². The highest BCUT2D eigenvalue weighted by Gasteiger charge is 2.37. The molecule has 0 bridgehead atoms. The molecule has 13 nitrogen and oxygen atoms in total. The molecular weight excluding hydrogens is 895 g/mol. The third-order valence-corrected chi connectivity index (χ3v) is 6.85. The zero-order valence-corrected chi connectivity index (χ0v) is 29.2. The molecule has 0 spiro atoms. The minimum atomic E-state index is -2.43. The second-order valence-electron chi connectivity index (χ2n) is 10.3. The molecule has 0 aliphatic carbocycles. The first-order chi connectivity index (χ1) is 28.2. The summed E-state index contributed by atoms with van der Waals surface area (Å²) in [4.78, 5) is 39.3. The standard InChI is InChI=1S/C11H5F4NO3.C7H3F4NO3.C7H5F4NO.C6F5NO2/c1-19-11-8(14)6(12)10(7(13)9(11)15)16-4(17)2-3-5(16)18;1-15-7-4(10)2(8)6(12(13)14)3(9)5(7)11;1-13-7-4(10)2(8)6(12)3(9)5(7)11;7-1-2(8)4(10)6(12(13)14)5(11)3(1)9/h2-3H,1H3;1H3;12H2,1H3;. The fourth-order valence-electron chi connectivity index (χ4n) is 4.10. The molecule has 0 radical (unpaired) electrons. The number of rotatable bonds is 6. The van der Waals surface area contributed by atoms with Gasteiger partial charge in [-0.2, -0.15) is 43.9 Å². The largest absolute Gasteiger partial charge is 0.491 e. The molecule has 0 unspecified atom stereocenters. The van der Waals surface area contributed by atoms with Crippen LogP contribution in [0.3, 0.4) is 0 Å². The van der Waals surface area contributed by atoms with Crippen LogP contribution in [-0.4, -0.2) is 43.0 Å². The number of hydrogen-bond acceptors (Lipinski definition) is 10. The summed E-state index contributed by atoms with van der Waals surface area (Å²) in [5, 5.41) is 20.0. The zero-order chi connectivity index (χ0) is 47.3. The maximum Gasteiger partial charge on any atom is 0.346 e. The van der Waals surface area contributed by atoms with Crippen molar-refractivity contribution in [2.75, 3.05) is 32.0 Å². The average Bonchev–Trinajstić information content (AvgIpc) is 3.54. The van der Waals surface area contributed by atoms with Gasteiger partial charge in [0.15, 0.2) is 40.5 Å². The van der Waals surface area contributed by atoms with Gasteiger partial charge in [-0.3, -0.25) is 29.8 Å². The normalized spacial score (nSPS) is 11.6. The number of amides is 2. The number of methoxy groups -OCH3 is 3. The highest BCUT2D eigenvalue weighted by molar-refractivity contribution is 6.28. The Labute approximate surface area is 323 Å². The lowest BCUT2D eigenvalue weighted by atomic mass is 10.2. The fourth-order valence-corrected chi connectivity index (χ4v) is 4.10. The van der Waals surface area contributed by atoms with Crippen LogP contribution in [0.5, 0.6) is 17.2 Å². The summed E-state index contributed by atoms with van der Waals surface area (Å²) in [6.07, 6.45) is 1.45. The van der Waals surface area contributed by atoms with Crippen LogP contribution in [0.2, 0.25) is 0 Å². The maximum absolute atomic E-state index is 13.7. The molecule has 0 atom stereocenters. The molecule has 61 heavy (non-hydrogen) atoms. The molecule has 1 aliphatic rings. The number of anilines is 2. The van der Waals surface area contributed by atoms with E-state index in [0.717, 1.165) is 33.5 Å². The first-order valence-electron chi connectivity index (χ1n) is 14.5. The van der Waals surface area contributed by atoms with E-state index in [0.29, 0.717) is 0 Å². The van der Waals surface area contributed by atoms with Gasteiger partial charge in [0.2, 0.25) is 75.6 Å². The molecule has 0 fully saturated rings. The van der Waals surface area contributed by atoms with Crippen molar-refractivity contribution in [1.82, 2.24) is 0 Å². The third kappa shape index (κ3) is 9.40. The van der Waals surface area contributed by atoms with Crippen molar-refractivity contribution >= 4 is 34.6 Å². The predicted molar refractivity (Wildman–Crippen MR) is 164 cm³/mol. The van der Waals surface area contributed by atoms with Crippen molar-refractivity contribution in [3.05, 3.63) is 131 Å². The molecule has 4 aromatic carbocycles. The van der Waals surface area contributed by atoms with Gasteiger partial charge in [0.1, 0.15) is 11.4 Å². The van der Waals surface area contributed by atoms with Crippen molar-refractivity contribution in [2.24, 2.45) is 0 Å². The van der Waals surface area contributed by atoms with Crippen LogP contribution in [0.25, 0.3) is 0 Å². The molecule has 330 valence electrons. The van der Waals surface area contributed by atoms with E-state index in [1.807, 2.05) is 0 Å². The van der Waals surface area contributed by atoms with Crippen LogP contribution in [0.4, 0.5) is 97.4 Å². The predicted octanol–water partition coefficient (Wildman–Crippen LogP) is 7.96. The number of hydrogen-bond donors (Lipinski definition) is 1.